The van der Waals surface area contributed by atoms with Crippen LogP contribution in [0.5, 0.6) is 0 Å². The summed E-state index contributed by atoms with van der Waals surface area (Å²) in [6.45, 7) is 8.11. The van der Waals surface area contributed by atoms with Crippen LogP contribution in [0.2, 0.25) is 0 Å². The van der Waals surface area contributed by atoms with E-state index in [1.165, 1.54) is 50.4 Å². The highest BCUT2D eigenvalue weighted by atomic mass is 79.9. The first-order valence-corrected chi connectivity index (χ1v) is 40.3. The number of halogens is 1. The summed E-state index contributed by atoms with van der Waals surface area (Å²) >= 11 is 10.5. The number of benzene rings is 14. The fraction of sp³-hybridized carbons (Fsp3) is 0.0722. The first-order valence-electron chi connectivity index (χ1n) is 41.2. The van der Waals surface area contributed by atoms with Gasteiger partial charge in [0, 0.05) is 140 Å². The molecular formula is C97H66BBrN6O4S4. The number of aromatic nitrogens is 6. The van der Waals surface area contributed by atoms with Gasteiger partial charge in [-0.05, 0) is 145 Å². The SMILES string of the molecule is Brc1cccc2c1sc1ccccc12.C.[2H]c1c([2H])c([2H])c(-c2nc(-c3ccc4c(c3)oc3ccc(-c5cccc6c5sc5ccccc56)cc34)nc(-c3cccc4c3sc3ccccc34)n2)c([2H])c1[2H].[2H]c1c([2H])c([2H])c(-c2nc(-c3ccc4c(c3)oc3ccc(B5OC(C)(C)C(C)(C)O5)cc34)nc(-c3cccc4c3sc3ccccc34)n2)c([2H])c1[2H]. The summed E-state index contributed by atoms with van der Waals surface area (Å²) in [6, 6.07) is 77.5. The number of hydrogen-bond donors (Lipinski definition) is 0. The summed E-state index contributed by atoms with van der Waals surface area (Å²) in [5.74, 6) is 1.18. The van der Waals surface area contributed by atoms with E-state index in [0.29, 0.717) is 39.5 Å². The highest BCUT2D eigenvalue weighted by Crippen LogP contribution is 2.46. The van der Waals surface area contributed by atoms with Gasteiger partial charge in [-0.1, -0.05) is 226 Å². The third-order valence-electron chi connectivity index (χ3n) is 21.1. The molecule has 1 aliphatic heterocycles. The molecule has 0 aliphatic carbocycles. The fourth-order valence-corrected chi connectivity index (χ4v) is 20.3. The molecule has 0 N–H and O–H groups in total. The van der Waals surface area contributed by atoms with Crippen molar-refractivity contribution >= 4 is 198 Å². The Balaban J connectivity index is 0.000000134. The van der Waals surface area contributed by atoms with Gasteiger partial charge in [0.2, 0.25) is 0 Å². The van der Waals surface area contributed by atoms with E-state index in [0.717, 1.165) is 89.6 Å². The van der Waals surface area contributed by atoms with E-state index in [1.807, 2.05) is 148 Å². The molecule has 0 spiro atoms. The number of thiophene rings is 4. The van der Waals surface area contributed by atoms with Crippen molar-refractivity contribution in [1.29, 1.82) is 0 Å². The molecule has 0 bridgehead atoms. The Morgan fingerprint density at radius 3 is 1.12 bits per heavy atom. The van der Waals surface area contributed by atoms with Crippen molar-refractivity contribution in [3.63, 3.8) is 0 Å². The van der Waals surface area contributed by atoms with Gasteiger partial charge < -0.3 is 18.1 Å². The number of rotatable bonds is 8. The summed E-state index contributed by atoms with van der Waals surface area (Å²) in [5, 5.41) is 13.2. The van der Waals surface area contributed by atoms with Crippen LogP contribution in [-0.2, 0) is 9.31 Å². The van der Waals surface area contributed by atoms with Gasteiger partial charge in [0.1, 0.15) is 22.3 Å². The molecule has 22 aromatic rings. The van der Waals surface area contributed by atoms with Crippen LogP contribution in [0.1, 0.15) is 48.8 Å². The van der Waals surface area contributed by atoms with Crippen molar-refractivity contribution in [2.45, 2.75) is 46.3 Å². The maximum absolute atomic E-state index is 8.76. The van der Waals surface area contributed by atoms with Gasteiger partial charge in [-0.25, -0.2) is 29.9 Å². The lowest BCUT2D eigenvalue weighted by atomic mass is 9.78. The average Bonchev–Trinajstić information content (AvgIpc) is 1.45. The summed E-state index contributed by atoms with van der Waals surface area (Å²) < 4.78 is 121. The minimum absolute atomic E-state index is 0. The maximum Gasteiger partial charge on any atom is 0.494 e. The van der Waals surface area contributed by atoms with Crippen LogP contribution in [0.25, 0.3) is 204 Å². The molecule has 0 saturated carbocycles. The molecule has 8 aromatic heterocycles. The highest BCUT2D eigenvalue weighted by molar-refractivity contribution is 9.10. The molecule has 0 amide bonds. The van der Waals surface area contributed by atoms with E-state index in [-0.39, 0.29) is 66.0 Å². The van der Waals surface area contributed by atoms with Gasteiger partial charge in [-0.15, -0.1) is 45.3 Å². The zero-order valence-corrected chi connectivity index (χ0v) is 64.9. The Kier molecular flexibility index (Phi) is 14.8. The van der Waals surface area contributed by atoms with E-state index >= 15 is 0 Å². The van der Waals surface area contributed by atoms with Gasteiger partial charge in [-0.2, -0.15) is 0 Å². The molecule has 23 rings (SSSR count). The monoisotopic (exact) mass is 1610 g/mol. The molecule has 0 unspecified atom stereocenters. The summed E-state index contributed by atoms with van der Waals surface area (Å²) in [7, 11) is -0.521. The first kappa shape index (κ1) is 59.8. The molecule has 0 radical (unpaired) electrons. The fourth-order valence-electron chi connectivity index (χ4n) is 14.9. The molecule has 113 heavy (non-hydrogen) atoms. The molecule has 9 heterocycles. The van der Waals surface area contributed by atoms with Crippen molar-refractivity contribution in [1.82, 2.24) is 29.9 Å². The van der Waals surface area contributed by atoms with Gasteiger partial charge in [0.25, 0.3) is 0 Å². The van der Waals surface area contributed by atoms with E-state index in [1.54, 1.807) is 34.0 Å². The second-order valence-electron chi connectivity index (χ2n) is 28.3. The van der Waals surface area contributed by atoms with Crippen LogP contribution in [0.4, 0.5) is 0 Å². The van der Waals surface area contributed by atoms with Gasteiger partial charge in [-0.3, -0.25) is 0 Å². The Bertz CT molecular complexity index is 8140. The van der Waals surface area contributed by atoms with Crippen molar-refractivity contribution < 1.29 is 31.9 Å². The molecule has 1 fully saturated rings. The average molecular weight is 1610 g/mol. The van der Waals surface area contributed by atoms with Crippen LogP contribution < -0.4 is 5.46 Å². The lowest BCUT2D eigenvalue weighted by Crippen LogP contribution is -2.41. The molecule has 10 nitrogen and oxygen atoms in total. The molecule has 0 atom stereocenters. The molecule has 16 heteroatoms. The summed E-state index contributed by atoms with van der Waals surface area (Å²) in [4.78, 5) is 29.1. The number of nitrogens with zero attached hydrogens (tertiary/aromatic N) is 6. The molecule has 1 saturated heterocycles. The largest absolute Gasteiger partial charge is 0.494 e. The third-order valence-corrected chi connectivity index (χ3v) is 26.9. The summed E-state index contributed by atoms with van der Waals surface area (Å²) in [6.07, 6.45) is 0. The first-order chi connectivity index (χ1) is 59.0. The maximum atomic E-state index is 8.76. The Morgan fingerprint density at radius 1 is 0.301 bits per heavy atom. The van der Waals surface area contributed by atoms with Crippen molar-refractivity contribution in [2.24, 2.45) is 0 Å². The van der Waals surface area contributed by atoms with E-state index in [2.05, 4.69) is 149 Å². The smallest absolute Gasteiger partial charge is 0.456 e. The quantitative estimate of drug-likeness (QED) is 0.136. The van der Waals surface area contributed by atoms with Crippen LogP contribution in [0, 0.1) is 0 Å². The lowest BCUT2D eigenvalue weighted by molar-refractivity contribution is 0.00578. The van der Waals surface area contributed by atoms with Gasteiger partial charge in [0.15, 0.2) is 34.9 Å². The molecular weight excluding hydrogens is 1530 g/mol. The highest BCUT2D eigenvalue weighted by Gasteiger charge is 2.52. The van der Waals surface area contributed by atoms with Crippen LogP contribution >= 0.6 is 61.3 Å². The number of furan rings is 2. The molecule has 1 aliphatic rings. The Hall–Kier alpha value is -12.0. The zero-order chi connectivity index (χ0) is 83.6. The Labute approximate surface area is 688 Å². The number of fused-ring (bicyclic) bond motifs is 18. The minimum atomic E-state index is -0.521. The summed E-state index contributed by atoms with van der Waals surface area (Å²) in [5.41, 5.74) is 7.47. The van der Waals surface area contributed by atoms with Crippen molar-refractivity contribution in [2.75, 3.05) is 0 Å². The molecule has 542 valence electrons. The van der Waals surface area contributed by atoms with E-state index in [4.69, 9.17) is 61.8 Å². The van der Waals surface area contributed by atoms with Crippen LogP contribution in [-0.4, -0.2) is 48.2 Å². The van der Waals surface area contributed by atoms with Crippen LogP contribution in [0.15, 0.2) is 316 Å². The van der Waals surface area contributed by atoms with Crippen molar-refractivity contribution in [3.05, 3.63) is 308 Å². The van der Waals surface area contributed by atoms with Crippen molar-refractivity contribution in [3.8, 4) is 79.5 Å². The topological polar surface area (TPSA) is 122 Å². The molecule has 14 aromatic carbocycles. The van der Waals surface area contributed by atoms with Gasteiger partial charge in [0.05, 0.1) is 24.9 Å². The van der Waals surface area contributed by atoms with E-state index < -0.39 is 54.6 Å². The third kappa shape index (κ3) is 12.4. The second kappa shape index (κ2) is 28.1. The van der Waals surface area contributed by atoms with E-state index in [9.17, 15) is 0 Å². The number of hydrogen-bond acceptors (Lipinski definition) is 14. The lowest BCUT2D eigenvalue weighted by Gasteiger charge is -2.32. The normalized spacial score (nSPS) is 14.6. The zero-order valence-electron chi connectivity index (χ0n) is 70.0. The predicted molar refractivity (Wildman–Crippen MR) is 480 cm³/mol. The predicted octanol–water partition coefficient (Wildman–Crippen LogP) is 28.1. The van der Waals surface area contributed by atoms with Gasteiger partial charge >= 0.3 is 7.12 Å². The second-order valence-corrected chi connectivity index (χ2v) is 33.4. The standard InChI is InChI=1S/C45H25N3OS2.C39H30BN3O3S.C12H7BrS.CH4/c1-2-10-26(11-3-1)43-46-44(48-45(47-43)35-17-9-16-34-32-13-5-7-19-40(32)51-42(34)35)28-20-22-30-36-24-27(21-23-37(36)49-38(30)25-28)29-14-8-15-33-31-12-4-6-18-39(31)50-41(29)33;1-38(2)39(3,4)46-40(45-38)25-18-20-31-30(22-25)26-19-17-24(21-32(26)44-31)36-41-35(23-11-6-5-7-12-23)42-37(43-36)29-15-10-14-28-27-13-8-9-16-33(27)47-34(28)29;13-10-6-3-5-9-8-4-1-2-7-11(8)14-12(9)10;/h1-25H;5-22H,1-4H3;1-7H;1H4/i1D,2D,3D,10D,11D;5D,6D,7D,11D,12D;;. The Morgan fingerprint density at radius 2 is 0.655 bits per heavy atom. The minimum Gasteiger partial charge on any atom is -0.456 e. The van der Waals surface area contributed by atoms with Crippen LogP contribution in [0.3, 0.4) is 0 Å².